The predicted octanol–water partition coefficient (Wildman–Crippen LogP) is 1.99. The lowest BCUT2D eigenvalue weighted by atomic mass is 10.0. The Hall–Kier alpha value is -2.18. The van der Waals surface area contributed by atoms with E-state index in [1.54, 1.807) is 7.11 Å². The van der Waals surface area contributed by atoms with Crippen LogP contribution in [0.2, 0.25) is 0 Å². The number of carbonyl (C=O) groups is 1. The number of amides is 1. The van der Waals surface area contributed by atoms with Crippen LogP contribution in [0, 0.1) is 13.8 Å². The molecule has 0 atom stereocenters. The third kappa shape index (κ3) is 5.14. The van der Waals surface area contributed by atoms with Crippen LogP contribution >= 0.6 is 0 Å². The fraction of sp³-hybridized carbons (Fsp3) is 0.474. The van der Waals surface area contributed by atoms with Gasteiger partial charge in [0.1, 0.15) is 5.58 Å². The maximum Gasteiger partial charge on any atom is 0.336 e. The molecule has 6 nitrogen and oxygen atoms in total. The molecule has 0 aliphatic heterocycles. The zero-order valence-electron chi connectivity index (χ0n) is 15.3. The van der Waals surface area contributed by atoms with Gasteiger partial charge in [-0.2, -0.15) is 0 Å². The van der Waals surface area contributed by atoms with Gasteiger partial charge in [0.25, 0.3) is 0 Å². The zero-order valence-corrected chi connectivity index (χ0v) is 15.3. The van der Waals surface area contributed by atoms with Crippen molar-refractivity contribution >= 4 is 16.9 Å². The van der Waals surface area contributed by atoms with Gasteiger partial charge in [-0.1, -0.05) is 12.1 Å². The van der Waals surface area contributed by atoms with Gasteiger partial charge < -0.3 is 14.5 Å². The van der Waals surface area contributed by atoms with E-state index in [0.29, 0.717) is 25.3 Å². The predicted molar refractivity (Wildman–Crippen MR) is 97.8 cm³/mol. The number of hydrogen-bond donors (Lipinski definition) is 1. The van der Waals surface area contributed by atoms with E-state index in [9.17, 15) is 9.59 Å². The highest BCUT2D eigenvalue weighted by Crippen LogP contribution is 2.23. The number of ether oxygens (including phenoxy) is 1. The minimum atomic E-state index is -0.367. The standard InChI is InChI=1S/C19H26N2O4/c1-13-6-7-16-15(10-18(23)25-19(16)14(13)2)11-21(3)12-17(22)20-8-5-9-24-4/h6-7,10H,5,8-9,11-12H2,1-4H3,(H,20,22). The van der Waals surface area contributed by atoms with Crippen molar-refractivity contribution in [2.24, 2.45) is 0 Å². The van der Waals surface area contributed by atoms with Gasteiger partial charge in [0.05, 0.1) is 6.54 Å². The van der Waals surface area contributed by atoms with E-state index in [0.717, 1.165) is 28.5 Å². The molecule has 1 N–H and O–H groups in total. The summed E-state index contributed by atoms with van der Waals surface area (Å²) in [5, 5.41) is 3.77. The van der Waals surface area contributed by atoms with E-state index >= 15 is 0 Å². The molecule has 0 aliphatic carbocycles. The van der Waals surface area contributed by atoms with Crippen molar-refractivity contribution in [3.63, 3.8) is 0 Å². The number of aryl methyl sites for hydroxylation is 2. The minimum Gasteiger partial charge on any atom is -0.422 e. The number of methoxy groups -OCH3 is 1. The second kappa shape index (κ2) is 8.78. The van der Waals surface area contributed by atoms with Crippen molar-refractivity contribution in [3.8, 4) is 0 Å². The first-order valence-electron chi connectivity index (χ1n) is 8.39. The molecule has 0 unspecified atom stereocenters. The Morgan fingerprint density at radius 1 is 1.32 bits per heavy atom. The van der Waals surface area contributed by atoms with Crippen LogP contribution in [0.4, 0.5) is 0 Å². The molecule has 1 heterocycles. The Morgan fingerprint density at radius 2 is 2.08 bits per heavy atom. The van der Waals surface area contributed by atoms with Crippen LogP contribution < -0.4 is 10.9 Å². The molecule has 0 fully saturated rings. The summed E-state index contributed by atoms with van der Waals surface area (Å²) >= 11 is 0. The lowest BCUT2D eigenvalue weighted by Crippen LogP contribution is -2.35. The summed E-state index contributed by atoms with van der Waals surface area (Å²) in [6, 6.07) is 5.49. The van der Waals surface area contributed by atoms with Gasteiger partial charge in [0.2, 0.25) is 5.91 Å². The molecule has 6 heteroatoms. The van der Waals surface area contributed by atoms with Crippen LogP contribution in [0.3, 0.4) is 0 Å². The summed E-state index contributed by atoms with van der Waals surface area (Å²) in [7, 11) is 3.50. The normalized spacial score (nSPS) is 11.2. The Kier molecular flexibility index (Phi) is 6.73. The first-order chi connectivity index (χ1) is 11.9. The monoisotopic (exact) mass is 346 g/mol. The highest BCUT2D eigenvalue weighted by Gasteiger charge is 2.13. The van der Waals surface area contributed by atoms with Crippen molar-refractivity contribution in [1.29, 1.82) is 0 Å². The van der Waals surface area contributed by atoms with Crippen molar-refractivity contribution in [2.45, 2.75) is 26.8 Å². The Bertz CT molecular complexity index is 798. The number of fused-ring (bicyclic) bond motifs is 1. The molecule has 0 saturated heterocycles. The lowest BCUT2D eigenvalue weighted by Gasteiger charge is -2.17. The number of nitrogens with one attached hydrogen (secondary N) is 1. The van der Waals surface area contributed by atoms with Crippen LogP contribution in [0.5, 0.6) is 0 Å². The highest BCUT2D eigenvalue weighted by atomic mass is 16.5. The molecule has 1 aromatic carbocycles. The number of benzene rings is 1. The molecule has 1 amide bonds. The molecule has 25 heavy (non-hydrogen) atoms. The van der Waals surface area contributed by atoms with E-state index in [1.807, 2.05) is 37.9 Å². The van der Waals surface area contributed by atoms with Gasteiger partial charge in [-0.25, -0.2) is 4.79 Å². The van der Waals surface area contributed by atoms with Crippen LogP contribution in [0.15, 0.2) is 27.4 Å². The van der Waals surface area contributed by atoms with E-state index < -0.39 is 0 Å². The number of carbonyl (C=O) groups excluding carboxylic acids is 1. The summed E-state index contributed by atoms with van der Waals surface area (Å²) in [5.41, 5.74) is 3.17. The van der Waals surface area contributed by atoms with Crippen molar-refractivity contribution < 1.29 is 13.9 Å². The van der Waals surface area contributed by atoms with Crippen LogP contribution in [0.25, 0.3) is 11.0 Å². The van der Waals surface area contributed by atoms with Gasteiger partial charge in [-0.05, 0) is 44.0 Å². The average Bonchev–Trinajstić information content (AvgIpc) is 2.55. The van der Waals surface area contributed by atoms with Crippen LogP contribution in [-0.2, 0) is 16.1 Å². The maximum atomic E-state index is 12.0. The quantitative estimate of drug-likeness (QED) is 0.585. The SMILES string of the molecule is COCCCNC(=O)CN(C)Cc1cc(=O)oc2c(C)c(C)ccc12. The lowest BCUT2D eigenvalue weighted by molar-refractivity contribution is -0.122. The largest absolute Gasteiger partial charge is 0.422 e. The fourth-order valence-corrected chi connectivity index (χ4v) is 2.75. The molecule has 0 saturated carbocycles. The van der Waals surface area contributed by atoms with Crippen molar-refractivity contribution in [1.82, 2.24) is 10.2 Å². The molecule has 0 aliphatic rings. The molecule has 136 valence electrons. The number of rotatable bonds is 8. The number of nitrogens with zero attached hydrogens (tertiary/aromatic N) is 1. The van der Waals surface area contributed by atoms with Gasteiger partial charge in [0, 0.05) is 38.3 Å². The average molecular weight is 346 g/mol. The summed E-state index contributed by atoms with van der Waals surface area (Å²) in [4.78, 5) is 25.7. The summed E-state index contributed by atoms with van der Waals surface area (Å²) in [6.45, 7) is 5.91. The molecular weight excluding hydrogens is 320 g/mol. The topological polar surface area (TPSA) is 71.8 Å². The Morgan fingerprint density at radius 3 is 2.80 bits per heavy atom. The highest BCUT2D eigenvalue weighted by molar-refractivity contribution is 5.84. The molecule has 0 spiro atoms. The molecule has 0 radical (unpaired) electrons. The zero-order chi connectivity index (χ0) is 18.4. The summed E-state index contributed by atoms with van der Waals surface area (Å²) in [5.74, 6) is -0.0436. The second-order valence-electron chi connectivity index (χ2n) is 6.34. The van der Waals surface area contributed by atoms with E-state index in [-0.39, 0.29) is 18.1 Å². The second-order valence-corrected chi connectivity index (χ2v) is 6.34. The Balaban J connectivity index is 2.08. The van der Waals surface area contributed by atoms with Crippen LogP contribution in [-0.4, -0.2) is 44.7 Å². The Labute approximate surface area is 147 Å². The first-order valence-corrected chi connectivity index (χ1v) is 8.39. The first kappa shape index (κ1) is 19.1. The fourth-order valence-electron chi connectivity index (χ4n) is 2.75. The van der Waals surface area contributed by atoms with E-state index in [1.165, 1.54) is 6.07 Å². The van der Waals surface area contributed by atoms with E-state index in [2.05, 4.69) is 5.32 Å². The van der Waals surface area contributed by atoms with Gasteiger partial charge >= 0.3 is 5.63 Å². The minimum absolute atomic E-state index is 0.0436. The summed E-state index contributed by atoms with van der Waals surface area (Å²) < 4.78 is 10.3. The summed E-state index contributed by atoms with van der Waals surface area (Å²) in [6.07, 6.45) is 0.787. The third-order valence-electron chi connectivity index (χ3n) is 4.22. The molecule has 0 bridgehead atoms. The maximum absolute atomic E-state index is 12.0. The number of likely N-dealkylation sites (N-methyl/N-ethyl adjacent to an activating group) is 1. The molecular formula is C19H26N2O4. The molecule has 2 rings (SSSR count). The van der Waals surface area contributed by atoms with Crippen molar-refractivity contribution in [2.75, 3.05) is 33.9 Å². The van der Waals surface area contributed by atoms with Gasteiger partial charge in [0.15, 0.2) is 0 Å². The van der Waals surface area contributed by atoms with Crippen molar-refractivity contribution in [3.05, 3.63) is 45.3 Å². The molecule has 2 aromatic rings. The molecule has 1 aromatic heterocycles. The third-order valence-corrected chi connectivity index (χ3v) is 4.22. The number of hydrogen-bond acceptors (Lipinski definition) is 5. The van der Waals surface area contributed by atoms with Gasteiger partial charge in [-0.3, -0.25) is 9.69 Å². The van der Waals surface area contributed by atoms with Crippen LogP contribution in [0.1, 0.15) is 23.1 Å². The van der Waals surface area contributed by atoms with E-state index in [4.69, 9.17) is 9.15 Å². The van der Waals surface area contributed by atoms with Gasteiger partial charge in [-0.15, -0.1) is 0 Å². The smallest absolute Gasteiger partial charge is 0.336 e.